The molecule has 2 aromatic carbocycles. The molecule has 29 heavy (non-hydrogen) atoms. The maximum Gasteiger partial charge on any atom is 0.217 e. The maximum atomic E-state index is 12.3. The van der Waals surface area contributed by atoms with Gasteiger partial charge < -0.3 is 5.32 Å². The van der Waals surface area contributed by atoms with Gasteiger partial charge in [-0.25, -0.2) is 8.42 Å². The van der Waals surface area contributed by atoms with Gasteiger partial charge in [0.1, 0.15) is 0 Å². The second-order valence-corrected chi connectivity index (χ2v) is 9.93. The largest absolute Gasteiger partial charge is 0.379 e. The van der Waals surface area contributed by atoms with Gasteiger partial charge >= 0.3 is 0 Å². The molecule has 1 aromatic heterocycles. The smallest absolute Gasteiger partial charge is 0.217 e. The molecule has 6 nitrogen and oxygen atoms in total. The van der Waals surface area contributed by atoms with Crippen LogP contribution in [0.3, 0.4) is 0 Å². The molecule has 0 bridgehead atoms. The minimum absolute atomic E-state index is 0.0765. The lowest BCUT2D eigenvalue weighted by Crippen LogP contribution is -2.57. The van der Waals surface area contributed by atoms with Crippen LogP contribution in [-0.2, 0) is 10.0 Å². The molecule has 2 fully saturated rings. The van der Waals surface area contributed by atoms with Gasteiger partial charge in [0.15, 0.2) is 0 Å². The van der Waals surface area contributed by atoms with E-state index >= 15 is 0 Å². The SMILES string of the molecule is N#Cc1cccc(-c2cc(NC3CN(S(=O)(=O)C4CC4)C3)c3cnccc3c2)c1. The molecule has 0 spiro atoms. The summed E-state index contributed by atoms with van der Waals surface area (Å²) in [5, 5.41) is 14.6. The number of fused-ring (bicyclic) bond motifs is 1. The van der Waals surface area contributed by atoms with E-state index < -0.39 is 10.0 Å². The normalized spacial score (nSPS) is 17.6. The quantitative estimate of drug-likeness (QED) is 0.705. The van der Waals surface area contributed by atoms with Crippen molar-refractivity contribution >= 4 is 26.5 Å². The third-order valence-electron chi connectivity index (χ3n) is 5.59. The van der Waals surface area contributed by atoms with E-state index in [-0.39, 0.29) is 11.3 Å². The van der Waals surface area contributed by atoms with Gasteiger partial charge in [-0.2, -0.15) is 9.57 Å². The number of hydrogen-bond donors (Lipinski definition) is 1. The van der Waals surface area contributed by atoms with Gasteiger partial charge in [-0.05, 0) is 59.7 Å². The highest BCUT2D eigenvalue weighted by molar-refractivity contribution is 7.90. The second kappa shape index (κ2) is 6.83. The molecule has 0 unspecified atom stereocenters. The topological polar surface area (TPSA) is 86.1 Å². The number of nitrogens with zero attached hydrogens (tertiary/aromatic N) is 3. The minimum atomic E-state index is -3.11. The molecule has 1 aliphatic heterocycles. The van der Waals surface area contributed by atoms with Gasteiger partial charge in [-0.3, -0.25) is 4.98 Å². The summed E-state index contributed by atoms with van der Waals surface area (Å²) in [6.45, 7) is 0.990. The molecule has 2 aliphatic rings. The number of pyridine rings is 1. The highest BCUT2D eigenvalue weighted by atomic mass is 32.2. The maximum absolute atomic E-state index is 12.3. The standard InChI is InChI=1S/C22H20N4O2S/c23-11-15-2-1-3-16(8-15)18-9-17-6-7-24-12-21(17)22(10-18)25-19-13-26(14-19)29(27,28)20-4-5-20/h1-3,6-10,12,19-20,25H,4-5,13-14H2. The molecule has 7 heteroatoms. The number of nitriles is 1. The molecule has 1 N–H and O–H groups in total. The number of rotatable bonds is 5. The van der Waals surface area contributed by atoms with Gasteiger partial charge in [0.25, 0.3) is 0 Å². The van der Waals surface area contributed by atoms with E-state index in [1.807, 2.05) is 30.5 Å². The summed E-state index contributed by atoms with van der Waals surface area (Å²) in [7, 11) is -3.11. The van der Waals surface area contributed by atoms with Crippen LogP contribution in [0.4, 0.5) is 5.69 Å². The third-order valence-corrected chi connectivity index (χ3v) is 7.93. The van der Waals surface area contributed by atoms with Crippen LogP contribution in [-0.4, -0.2) is 42.1 Å². The van der Waals surface area contributed by atoms with E-state index in [1.54, 1.807) is 16.6 Å². The number of aromatic nitrogens is 1. The predicted molar refractivity (Wildman–Crippen MR) is 113 cm³/mol. The van der Waals surface area contributed by atoms with E-state index in [4.69, 9.17) is 0 Å². The van der Waals surface area contributed by atoms with E-state index in [1.165, 1.54) is 0 Å². The zero-order valence-electron chi connectivity index (χ0n) is 15.7. The van der Waals surface area contributed by atoms with Crippen molar-refractivity contribution in [2.24, 2.45) is 0 Å². The molecule has 0 amide bonds. The summed E-state index contributed by atoms with van der Waals surface area (Å²) >= 11 is 0. The fourth-order valence-electron chi connectivity index (χ4n) is 3.79. The van der Waals surface area contributed by atoms with Crippen molar-refractivity contribution in [1.29, 1.82) is 5.26 Å². The lowest BCUT2D eigenvalue weighted by Gasteiger charge is -2.39. The van der Waals surface area contributed by atoms with Crippen LogP contribution in [0.15, 0.2) is 54.9 Å². The zero-order valence-corrected chi connectivity index (χ0v) is 16.6. The Morgan fingerprint density at radius 3 is 2.69 bits per heavy atom. The van der Waals surface area contributed by atoms with Crippen molar-refractivity contribution in [3.05, 3.63) is 60.4 Å². The first kappa shape index (κ1) is 18.1. The van der Waals surface area contributed by atoms with Gasteiger partial charge in [-0.1, -0.05) is 12.1 Å². The fourth-order valence-corrected chi connectivity index (χ4v) is 5.72. The summed E-state index contributed by atoms with van der Waals surface area (Å²) in [6, 6.07) is 15.9. The van der Waals surface area contributed by atoms with Crippen molar-refractivity contribution < 1.29 is 8.42 Å². The molecule has 2 heterocycles. The number of hydrogen-bond acceptors (Lipinski definition) is 5. The van der Waals surface area contributed by atoms with E-state index in [2.05, 4.69) is 28.5 Å². The second-order valence-electron chi connectivity index (χ2n) is 7.72. The van der Waals surface area contributed by atoms with Crippen LogP contribution in [0.1, 0.15) is 18.4 Å². The van der Waals surface area contributed by atoms with Crippen LogP contribution in [0.2, 0.25) is 0 Å². The van der Waals surface area contributed by atoms with Gasteiger partial charge in [0, 0.05) is 36.6 Å². The van der Waals surface area contributed by atoms with Crippen LogP contribution in [0.25, 0.3) is 21.9 Å². The van der Waals surface area contributed by atoms with Crippen LogP contribution >= 0.6 is 0 Å². The Morgan fingerprint density at radius 2 is 1.93 bits per heavy atom. The molecule has 3 aromatic rings. The summed E-state index contributed by atoms with van der Waals surface area (Å²) in [5.41, 5.74) is 3.52. The Morgan fingerprint density at radius 1 is 1.10 bits per heavy atom. The molecule has 146 valence electrons. The molecule has 0 radical (unpaired) electrons. The predicted octanol–water partition coefficient (Wildman–Crippen LogP) is 3.36. The van der Waals surface area contributed by atoms with Crippen molar-refractivity contribution in [1.82, 2.24) is 9.29 Å². The Hall–Kier alpha value is -2.95. The fraction of sp³-hybridized carbons (Fsp3) is 0.273. The number of nitrogens with one attached hydrogen (secondary N) is 1. The average molecular weight is 404 g/mol. The Labute approximate surface area is 169 Å². The van der Waals surface area contributed by atoms with E-state index in [0.717, 1.165) is 40.4 Å². The highest BCUT2D eigenvalue weighted by Crippen LogP contribution is 2.35. The first-order chi connectivity index (χ1) is 14.0. The zero-order chi connectivity index (χ0) is 20.0. The van der Waals surface area contributed by atoms with Crippen molar-refractivity contribution in [3.8, 4) is 17.2 Å². The Balaban J connectivity index is 1.45. The van der Waals surface area contributed by atoms with Gasteiger partial charge in [0.05, 0.1) is 22.9 Å². The first-order valence-corrected chi connectivity index (χ1v) is 11.2. The summed E-state index contributed by atoms with van der Waals surface area (Å²) < 4.78 is 26.3. The van der Waals surface area contributed by atoms with Gasteiger partial charge in [0.2, 0.25) is 10.0 Å². The number of anilines is 1. The third kappa shape index (κ3) is 3.35. The Kier molecular flexibility index (Phi) is 4.26. The highest BCUT2D eigenvalue weighted by Gasteiger charge is 2.45. The molecule has 5 rings (SSSR count). The lowest BCUT2D eigenvalue weighted by molar-refractivity contribution is 0.280. The molecule has 0 atom stereocenters. The summed E-state index contributed by atoms with van der Waals surface area (Å²) in [6.07, 6.45) is 5.16. The molecule has 1 saturated carbocycles. The molecule has 1 aliphatic carbocycles. The van der Waals surface area contributed by atoms with E-state index in [9.17, 15) is 13.7 Å². The van der Waals surface area contributed by atoms with Crippen LogP contribution in [0.5, 0.6) is 0 Å². The number of benzene rings is 2. The van der Waals surface area contributed by atoms with Crippen molar-refractivity contribution in [3.63, 3.8) is 0 Å². The molecular formula is C22H20N4O2S. The van der Waals surface area contributed by atoms with Crippen LogP contribution < -0.4 is 5.32 Å². The summed E-state index contributed by atoms with van der Waals surface area (Å²) in [5.74, 6) is 0. The monoisotopic (exact) mass is 404 g/mol. The Bertz CT molecular complexity index is 1240. The first-order valence-electron chi connectivity index (χ1n) is 9.68. The molecular weight excluding hydrogens is 384 g/mol. The van der Waals surface area contributed by atoms with E-state index in [0.29, 0.717) is 18.7 Å². The van der Waals surface area contributed by atoms with Crippen molar-refractivity contribution in [2.45, 2.75) is 24.1 Å². The van der Waals surface area contributed by atoms with Crippen molar-refractivity contribution in [2.75, 3.05) is 18.4 Å². The van der Waals surface area contributed by atoms with Gasteiger partial charge in [-0.15, -0.1) is 0 Å². The number of sulfonamides is 1. The van der Waals surface area contributed by atoms with Crippen LogP contribution in [0, 0.1) is 11.3 Å². The molecule has 1 saturated heterocycles. The minimum Gasteiger partial charge on any atom is -0.379 e. The summed E-state index contributed by atoms with van der Waals surface area (Å²) in [4.78, 5) is 4.25. The lowest BCUT2D eigenvalue weighted by atomic mass is 9.99. The average Bonchev–Trinajstić information content (AvgIpc) is 3.56.